The van der Waals surface area contributed by atoms with Crippen molar-refractivity contribution in [3.05, 3.63) is 218 Å². The molecule has 0 saturated heterocycles. The molecule has 13 nitrogen and oxygen atoms in total. The van der Waals surface area contributed by atoms with Crippen molar-refractivity contribution in [3.63, 3.8) is 0 Å². The van der Waals surface area contributed by atoms with Crippen LogP contribution in [0.1, 0.15) is 0 Å². The summed E-state index contributed by atoms with van der Waals surface area (Å²) in [4.78, 5) is 20.6. The predicted molar refractivity (Wildman–Crippen MR) is 308 cm³/mol. The first kappa shape index (κ1) is 39.7. The first-order valence-electron chi connectivity index (χ1n) is 25.9. The number of para-hydroxylation sites is 13. The van der Waals surface area contributed by atoms with Gasteiger partial charge in [0.2, 0.25) is 17.3 Å². The molecule has 1 N–H and O–H groups in total. The molecule has 0 radical (unpaired) electrons. The quantitative estimate of drug-likeness (QED) is 0.188. The predicted octanol–water partition coefficient (Wildman–Crippen LogP) is 14.8. The Hall–Kier alpha value is -10.8. The number of anilines is 5. The van der Waals surface area contributed by atoms with Gasteiger partial charge in [0.05, 0.1) is 117 Å². The summed E-state index contributed by atoms with van der Waals surface area (Å²) < 4.78 is 20.9. The van der Waals surface area contributed by atoms with Crippen LogP contribution in [0.3, 0.4) is 0 Å². The van der Waals surface area contributed by atoms with Gasteiger partial charge >= 0.3 is 0 Å². The maximum absolute atomic E-state index is 7.18. The molecule has 0 saturated carbocycles. The van der Waals surface area contributed by atoms with Crippen LogP contribution in [0.2, 0.25) is 0 Å². The maximum Gasteiger partial charge on any atom is 0.220 e. The third kappa shape index (κ3) is 4.96. The molecule has 360 valence electrons. The lowest BCUT2D eigenvalue weighted by molar-refractivity contribution is 0.665. The summed E-state index contributed by atoms with van der Waals surface area (Å²) in [7, 11) is 0. The van der Waals surface area contributed by atoms with Gasteiger partial charge in [-0.15, -0.1) is 0 Å². The minimum Gasteiger partial charge on any atom is -0.454 e. The van der Waals surface area contributed by atoms with Crippen LogP contribution in [0.4, 0.5) is 28.4 Å². The van der Waals surface area contributed by atoms with Gasteiger partial charge in [-0.05, 0) is 127 Å². The molecule has 2 aliphatic rings. The molecule has 10 aromatic carbocycles. The van der Waals surface area contributed by atoms with Crippen molar-refractivity contribution in [1.29, 1.82) is 0 Å². The van der Waals surface area contributed by atoms with Crippen LogP contribution in [0, 0.1) is 0 Å². The minimum atomic E-state index is -0.273. The zero-order valence-corrected chi connectivity index (χ0v) is 40.7. The van der Waals surface area contributed by atoms with Crippen molar-refractivity contribution >= 4 is 134 Å². The molecule has 0 bridgehead atoms. The van der Waals surface area contributed by atoms with E-state index in [0.29, 0.717) is 0 Å². The van der Waals surface area contributed by atoms with Gasteiger partial charge in [0, 0.05) is 5.39 Å². The Morgan fingerprint density at radius 3 is 1.52 bits per heavy atom. The number of hydrogen-bond donors (Lipinski definition) is 1. The van der Waals surface area contributed by atoms with Gasteiger partial charge < -0.3 is 9.73 Å². The molecule has 0 spiro atoms. The van der Waals surface area contributed by atoms with Crippen molar-refractivity contribution in [3.8, 4) is 17.1 Å². The molecule has 2 aliphatic heterocycles. The highest BCUT2D eigenvalue weighted by atomic mass is 16.3. The molecular weight excluding hydrogens is 953 g/mol. The summed E-state index contributed by atoms with van der Waals surface area (Å²) in [5, 5.41) is 5.93. The highest BCUT2D eigenvalue weighted by Gasteiger charge is 2.44. The maximum atomic E-state index is 7.18. The van der Waals surface area contributed by atoms with Crippen LogP contribution < -0.4 is 15.1 Å². The highest BCUT2D eigenvalue weighted by molar-refractivity contribution is 6.15. The van der Waals surface area contributed by atoms with Gasteiger partial charge in [-0.2, -0.15) is 0 Å². The van der Waals surface area contributed by atoms with Crippen LogP contribution in [-0.2, 0) is 0 Å². The van der Waals surface area contributed by atoms with Crippen molar-refractivity contribution in [2.75, 3.05) is 15.1 Å². The van der Waals surface area contributed by atoms with E-state index < -0.39 is 0 Å². The number of imidazole rings is 6. The smallest absolute Gasteiger partial charge is 0.220 e. The summed E-state index contributed by atoms with van der Waals surface area (Å²) >= 11 is 0. The average Bonchev–Trinajstić information content (AvgIpc) is 4.53. The lowest BCUT2D eigenvalue weighted by Gasteiger charge is -2.27. The topological polar surface area (TPSA) is 98.3 Å². The van der Waals surface area contributed by atoms with E-state index in [-0.39, 0.29) is 6.29 Å². The Balaban J connectivity index is 0.817. The molecule has 77 heavy (non-hydrogen) atoms. The van der Waals surface area contributed by atoms with Crippen molar-refractivity contribution < 1.29 is 4.42 Å². The lowest BCUT2D eigenvalue weighted by Crippen LogP contribution is -2.40. The fraction of sp³-hybridized carbons (Fsp3) is 0.0156. The molecule has 0 fully saturated rings. The fourth-order valence-corrected chi connectivity index (χ4v) is 13.2. The van der Waals surface area contributed by atoms with Crippen LogP contribution >= 0.6 is 0 Å². The number of aromatic nitrogens is 9. The van der Waals surface area contributed by atoms with Crippen LogP contribution in [0.5, 0.6) is 0 Å². The standard InChI is InChI=1S/C64H38N12O/c1-5-20-44-40(16-1)65-61-69(48-24-9-11-26-50(48)71(44)61)37-31-33-52-56(35-37)73-46-22-7-3-18-42(46)67-63(73)75(52)54-28-14-30-58-59(54)39-15-13-29-55(60(39)77-58)76-53-34-32-38(36-57(53)74-47-23-8-4-19-43(47)68-64(74)76)70-49-25-10-12-27-51(49)72-45-21-6-2-17-41(45)66-62(70)72/h1-36,64,68H. The second-order valence-electron chi connectivity index (χ2n) is 20.2. The molecule has 1 atom stereocenters. The Morgan fingerprint density at radius 1 is 0.351 bits per heavy atom. The summed E-state index contributed by atoms with van der Waals surface area (Å²) in [5.41, 5.74) is 22.3. The van der Waals surface area contributed by atoms with E-state index in [4.69, 9.17) is 19.4 Å². The van der Waals surface area contributed by atoms with Crippen LogP contribution in [0.15, 0.2) is 223 Å². The number of benzene rings is 10. The van der Waals surface area contributed by atoms with E-state index in [1.165, 1.54) is 0 Å². The fourth-order valence-electron chi connectivity index (χ4n) is 13.2. The zero-order valence-electron chi connectivity index (χ0n) is 40.7. The van der Waals surface area contributed by atoms with E-state index in [9.17, 15) is 0 Å². The number of rotatable bonds is 4. The van der Waals surface area contributed by atoms with Gasteiger partial charge in [0.1, 0.15) is 5.58 Å². The van der Waals surface area contributed by atoms with Gasteiger partial charge in [0.25, 0.3) is 0 Å². The summed E-state index contributed by atoms with van der Waals surface area (Å²) in [6, 6.07) is 77.3. The minimum absolute atomic E-state index is 0.273. The largest absolute Gasteiger partial charge is 0.454 e. The molecule has 13 heteroatoms. The number of nitrogens with zero attached hydrogens (tertiary/aromatic N) is 11. The van der Waals surface area contributed by atoms with Gasteiger partial charge in [0.15, 0.2) is 11.9 Å². The van der Waals surface area contributed by atoms with Gasteiger partial charge in [-0.3, -0.25) is 36.7 Å². The first-order chi connectivity index (χ1) is 38.2. The summed E-state index contributed by atoms with van der Waals surface area (Å²) in [6.45, 7) is 0. The number of hydrogen-bond acceptors (Lipinski definition) is 7. The lowest BCUT2D eigenvalue weighted by atomic mass is 10.1. The third-order valence-electron chi connectivity index (χ3n) is 16.3. The SMILES string of the molecule is c1ccc2c(c1)NC1N2c2cc(-n3c4ccccc4n4c5ccccc5nc34)ccc2N1c1cccc2c1oc1cccc(-n3c4ccc(-n5c6ccccc6n6c7ccccc7nc56)cc4n4c5ccccc5nc34)c12. The third-order valence-corrected chi connectivity index (χ3v) is 16.3. The summed E-state index contributed by atoms with van der Waals surface area (Å²) in [5.74, 6) is 2.55. The van der Waals surface area contributed by atoms with Crippen molar-refractivity contribution in [2.45, 2.75) is 6.29 Å². The zero-order chi connectivity index (χ0) is 49.8. The molecule has 9 heterocycles. The molecule has 0 amide bonds. The van der Waals surface area contributed by atoms with Gasteiger partial charge in [-0.25, -0.2) is 15.0 Å². The number of nitrogens with one attached hydrogen (secondary N) is 1. The first-order valence-corrected chi connectivity index (χ1v) is 25.9. The molecule has 19 rings (SSSR count). The second-order valence-corrected chi connectivity index (χ2v) is 20.2. The van der Waals surface area contributed by atoms with E-state index in [2.05, 4.69) is 254 Å². The molecule has 1 unspecified atom stereocenters. The Morgan fingerprint density at radius 2 is 0.844 bits per heavy atom. The molecule has 0 aliphatic carbocycles. The van der Waals surface area contributed by atoms with Gasteiger partial charge in [-0.1, -0.05) is 91.0 Å². The normalized spacial score (nSPS) is 14.4. The Labute approximate surface area is 435 Å². The molecule has 7 aromatic heterocycles. The summed E-state index contributed by atoms with van der Waals surface area (Å²) in [6.07, 6.45) is -0.273. The Kier molecular flexibility index (Phi) is 7.26. The molecule has 17 aromatic rings. The highest BCUT2D eigenvalue weighted by Crippen LogP contribution is 2.55. The second kappa shape index (κ2) is 14.1. The van der Waals surface area contributed by atoms with Crippen molar-refractivity contribution in [1.82, 2.24) is 41.9 Å². The van der Waals surface area contributed by atoms with E-state index >= 15 is 0 Å². The van der Waals surface area contributed by atoms with E-state index in [1.54, 1.807) is 0 Å². The van der Waals surface area contributed by atoms with Crippen molar-refractivity contribution in [2.24, 2.45) is 0 Å². The van der Waals surface area contributed by atoms with Crippen LogP contribution in [0.25, 0.3) is 123 Å². The Bertz CT molecular complexity index is 5450. The monoisotopic (exact) mass is 990 g/mol. The van der Waals surface area contributed by atoms with E-state index in [1.807, 2.05) is 6.07 Å². The van der Waals surface area contributed by atoms with E-state index in [0.717, 1.165) is 151 Å². The number of fused-ring (bicyclic) bond motifs is 23. The van der Waals surface area contributed by atoms with Crippen LogP contribution in [-0.4, -0.2) is 48.1 Å². The molecular formula is C64H38N12O. The average molecular weight is 991 g/mol. The number of furan rings is 1.